The lowest BCUT2D eigenvalue weighted by Crippen LogP contribution is -2.10. The number of benzene rings is 2. The van der Waals surface area contributed by atoms with E-state index in [1.165, 1.54) is 11.8 Å². The monoisotopic (exact) mass is 334 g/mol. The third-order valence-electron chi connectivity index (χ3n) is 3.09. The van der Waals surface area contributed by atoms with Crippen molar-refractivity contribution < 1.29 is 4.74 Å². The van der Waals surface area contributed by atoms with E-state index in [-0.39, 0.29) is 0 Å². The van der Waals surface area contributed by atoms with Crippen LogP contribution in [-0.4, -0.2) is 17.5 Å². The fraction of sp³-hybridized carbons (Fsp3) is 0.235. The van der Waals surface area contributed by atoms with Gasteiger partial charge in [-0.2, -0.15) is 0 Å². The van der Waals surface area contributed by atoms with E-state index in [4.69, 9.17) is 22.1 Å². The number of thioether (sulfide) groups is 1. The highest BCUT2D eigenvalue weighted by atomic mass is 35.5. The standard InChI is InChI=1S/C17H19ClN2OS/c1-12-6-5-7-13(2)16(12)20-17(19)22-11-10-21-15-9-4-3-8-14(15)18/h3-9H,10-11H2,1-2H3,(H2,19,20). The van der Waals surface area contributed by atoms with E-state index < -0.39 is 0 Å². The Morgan fingerprint density at radius 1 is 1.14 bits per heavy atom. The fourth-order valence-corrected chi connectivity index (χ4v) is 2.71. The van der Waals surface area contributed by atoms with Crippen LogP contribution in [0.25, 0.3) is 0 Å². The van der Waals surface area contributed by atoms with E-state index in [1.807, 2.05) is 50.2 Å². The number of halogens is 1. The van der Waals surface area contributed by atoms with Crippen molar-refractivity contribution in [2.45, 2.75) is 13.8 Å². The van der Waals surface area contributed by atoms with E-state index in [1.54, 1.807) is 6.07 Å². The van der Waals surface area contributed by atoms with Crippen LogP contribution < -0.4 is 10.5 Å². The third kappa shape index (κ3) is 4.68. The van der Waals surface area contributed by atoms with E-state index in [2.05, 4.69) is 4.99 Å². The number of amidine groups is 1. The van der Waals surface area contributed by atoms with Crippen molar-refractivity contribution >= 4 is 34.2 Å². The summed E-state index contributed by atoms with van der Waals surface area (Å²) in [6.07, 6.45) is 0. The Morgan fingerprint density at radius 2 is 1.82 bits per heavy atom. The van der Waals surface area contributed by atoms with E-state index in [0.717, 1.165) is 16.8 Å². The van der Waals surface area contributed by atoms with Crippen LogP contribution in [-0.2, 0) is 0 Å². The Bertz CT molecular complexity index is 653. The smallest absolute Gasteiger partial charge is 0.159 e. The molecule has 0 unspecified atom stereocenters. The summed E-state index contributed by atoms with van der Waals surface area (Å²) < 4.78 is 5.62. The molecule has 0 aliphatic carbocycles. The van der Waals surface area contributed by atoms with Gasteiger partial charge in [0.2, 0.25) is 0 Å². The molecule has 2 N–H and O–H groups in total. The largest absolute Gasteiger partial charge is 0.491 e. The number of hydrogen-bond donors (Lipinski definition) is 1. The molecule has 0 saturated heterocycles. The fourth-order valence-electron chi connectivity index (χ4n) is 1.98. The highest BCUT2D eigenvalue weighted by molar-refractivity contribution is 8.13. The van der Waals surface area contributed by atoms with Crippen molar-refractivity contribution in [3.8, 4) is 5.75 Å². The second kappa shape index (κ2) is 8.11. The van der Waals surface area contributed by atoms with Crippen molar-refractivity contribution in [2.75, 3.05) is 12.4 Å². The molecule has 5 heteroatoms. The molecule has 22 heavy (non-hydrogen) atoms. The van der Waals surface area contributed by atoms with Crippen LogP contribution in [0, 0.1) is 13.8 Å². The molecule has 0 heterocycles. The molecule has 0 bridgehead atoms. The van der Waals surface area contributed by atoms with Crippen LogP contribution in [0.15, 0.2) is 47.5 Å². The Morgan fingerprint density at radius 3 is 2.50 bits per heavy atom. The number of nitrogens with zero attached hydrogens (tertiary/aromatic N) is 1. The van der Waals surface area contributed by atoms with E-state index in [0.29, 0.717) is 28.3 Å². The Kier molecular flexibility index (Phi) is 6.16. The van der Waals surface area contributed by atoms with Gasteiger partial charge in [-0.05, 0) is 37.1 Å². The van der Waals surface area contributed by atoms with Gasteiger partial charge in [-0.25, -0.2) is 4.99 Å². The number of rotatable bonds is 5. The maximum Gasteiger partial charge on any atom is 0.159 e. The van der Waals surface area contributed by atoms with Crippen molar-refractivity contribution in [2.24, 2.45) is 10.7 Å². The molecule has 0 aliphatic rings. The van der Waals surface area contributed by atoms with Gasteiger partial charge in [0, 0.05) is 5.75 Å². The molecule has 0 atom stereocenters. The van der Waals surface area contributed by atoms with Crippen molar-refractivity contribution in [3.05, 3.63) is 58.6 Å². The summed E-state index contributed by atoms with van der Waals surface area (Å²) in [5, 5.41) is 1.16. The second-order valence-electron chi connectivity index (χ2n) is 4.82. The van der Waals surface area contributed by atoms with Gasteiger partial charge in [0.15, 0.2) is 5.17 Å². The van der Waals surface area contributed by atoms with Crippen molar-refractivity contribution in [3.63, 3.8) is 0 Å². The first-order chi connectivity index (χ1) is 10.6. The molecule has 2 rings (SSSR count). The first-order valence-corrected chi connectivity index (χ1v) is 8.35. The molecule has 0 saturated carbocycles. The molecule has 0 fully saturated rings. The van der Waals surface area contributed by atoms with Gasteiger partial charge in [-0.1, -0.05) is 53.7 Å². The zero-order valence-electron chi connectivity index (χ0n) is 12.7. The summed E-state index contributed by atoms with van der Waals surface area (Å²) in [6.45, 7) is 4.59. The predicted octanol–water partition coefficient (Wildman–Crippen LogP) is 4.72. The maximum absolute atomic E-state index is 6.03. The van der Waals surface area contributed by atoms with Crippen LogP contribution in [0.4, 0.5) is 5.69 Å². The normalized spacial score (nSPS) is 11.5. The Labute approximate surface area is 140 Å². The topological polar surface area (TPSA) is 47.6 Å². The maximum atomic E-state index is 6.03. The zero-order valence-corrected chi connectivity index (χ0v) is 14.2. The minimum Gasteiger partial charge on any atom is -0.491 e. The zero-order chi connectivity index (χ0) is 15.9. The lowest BCUT2D eigenvalue weighted by Gasteiger charge is -2.08. The van der Waals surface area contributed by atoms with Gasteiger partial charge in [0.05, 0.1) is 17.3 Å². The summed E-state index contributed by atoms with van der Waals surface area (Å²) in [5.74, 6) is 1.40. The summed E-state index contributed by atoms with van der Waals surface area (Å²) in [7, 11) is 0. The molecule has 116 valence electrons. The quantitative estimate of drug-likeness (QED) is 0.489. The van der Waals surface area contributed by atoms with Crippen molar-refractivity contribution in [1.29, 1.82) is 0 Å². The van der Waals surface area contributed by atoms with E-state index in [9.17, 15) is 0 Å². The van der Waals surface area contributed by atoms with Crippen LogP contribution in [0.2, 0.25) is 5.02 Å². The minimum atomic E-state index is 0.525. The van der Waals surface area contributed by atoms with Crippen LogP contribution >= 0.6 is 23.4 Å². The Balaban J connectivity index is 1.87. The summed E-state index contributed by atoms with van der Waals surface area (Å²) in [6, 6.07) is 13.5. The number of para-hydroxylation sites is 2. The Hall–Kier alpha value is -1.65. The SMILES string of the molecule is Cc1cccc(C)c1N=C(N)SCCOc1ccccc1Cl. The molecule has 0 aromatic heterocycles. The summed E-state index contributed by atoms with van der Waals surface area (Å²) in [4.78, 5) is 4.50. The minimum absolute atomic E-state index is 0.525. The van der Waals surface area contributed by atoms with Gasteiger partial charge in [0.25, 0.3) is 0 Å². The average Bonchev–Trinajstić information content (AvgIpc) is 2.49. The number of nitrogens with two attached hydrogens (primary N) is 1. The van der Waals surface area contributed by atoms with Gasteiger partial charge in [-0.15, -0.1) is 0 Å². The van der Waals surface area contributed by atoms with Crippen molar-refractivity contribution in [1.82, 2.24) is 0 Å². The molecule has 2 aromatic carbocycles. The average molecular weight is 335 g/mol. The molecule has 2 aromatic rings. The molecule has 0 aliphatic heterocycles. The van der Waals surface area contributed by atoms with Gasteiger partial charge in [-0.3, -0.25) is 0 Å². The second-order valence-corrected chi connectivity index (χ2v) is 6.34. The van der Waals surface area contributed by atoms with Gasteiger partial charge >= 0.3 is 0 Å². The molecule has 3 nitrogen and oxygen atoms in total. The first kappa shape index (κ1) is 16.7. The number of ether oxygens (including phenoxy) is 1. The van der Waals surface area contributed by atoms with Crippen LogP contribution in [0.1, 0.15) is 11.1 Å². The molecule has 0 radical (unpaired) electrons. The predicted molar refractivity (Wildman–Crippen MR) is 96.6 cm³/mol. The molecular weight excluding hydrogens is 316 g/mol. The molecular formula is C17H19ClN2OS. The third-order valence-corrected chi connectivity index (χ3v) is 4.16. The number of hydrogen-bond acceptors (Lipinski definition) is 3. The van der Waals surface area contributed by atoms with E-state index >= 15 is 0 Å². The highest BCUT2D eigenvalue weighted by Gasteiger charge is 2.03. The lowest BCUT2D eigenvalue weighted by molar-refractivity contribution is 0.344. The lowest BCUT2D eigenvalue weighted by atomic mass is 10.1. The summed E-state index contributed by atoms with van der Waals surface area (Å²) in [5.41, 5.74) is 9.17. The van der Waals surface area contributed by atoms with Crippen LogP contribution in [0.5, 0.6) is 5.75 Å². The van der Waals surface area contributed by atoms with Gasteiger partial charge in [0.1, 0.15) is 5.75 Å². The van der Waals surface area contributed by atoms with Gasteiger partial charge < -0.3 is 10.5 Å². The first-order valence-electron chi connectivity index (χ1n) is 6.98. The molecule has 0 amide bonds. The van der Waals surface area contributed by atoms with Crippen LogP contribution in [0.3, 0.4) is 0 Å². The summed E-state index contributed by atoms with van der Waals surface area (Å²) >= 11 is 7.50. The highest BCUT2D eigenvalue weighted by Crippen LogP contribution is 2.25. The molecule has 0 spiro atoms. The number of aryl methyl sites for hydroxylation is 2. The number of aliphatic imine (C=N–C) groups is 1.